The maximum absolute atomic E-state index is 9.58. The Morgan fingerprint density at radius 2 is 2.31 bits per heavy atom. The summed E-state index contributed by atoms with van der Waals surface area (Å²) in [6.07, 6.45) is 1.79. The number of hydrogen-bond donors (Lipinski definition) is 2. The van der Waals surface area contributed by atoms with Gasteiger partial charge in [-0.1, -0.05) is 18.2 Å². The van der Waals surface area contributed by atoms with E-state index in [9.17, 15) is 5.11 Å². The van der Waals surface area contributed by atoms with E-state index < -0.39 is 0 Å². The molecule has 1 aromatic carbocycles. The molecule has 13 heavy (non-hydrogen) atoms. The van der Waals surface area contributed by atoms with Gasteiger partial charge < -0.3 is 10.4 Å². The highest BCUT2D eigenvalue weighted by molar-refractivity contribution is 9.10. The van der Waals surface area contributed by atoms with Crippen LogP contribution in [0.3, 0.4) is 0 Å². The van der Waals surface area contributed by atoms with E-state index in [-0.39, 0.29) is 0 Å². The number of rotatable bonds is 4. The molecule has 0 heterocycles. The van der Waals surface area contributed by atoms with Crippen molar-refractivity contribution in [3.8, 4) is 5.75 Å². The van der Waals surface area contributed by atoms with Gasteiger partial charge in [0.2, 0.25) is 0 Å². The molecule has 0 unspecified atom stereocenters. The molecule has 0 saturated heterocycles. The van der Waals surface area contributed by atoms with Crippen molar-refractivity contribution in [2.45, 2.75) is 6.54 Å². The average Bonchev–Trinajstić information content (AvgIpc) is 2.13. The number of para-hydroxylation sites is 1. The molecule has 0 spiro atoms. The maximum Gasteiger partial charge on any atom is 0.134 e. The second-order valence-electron chi connectivity index (χ2n) is 2.67. The lowest BCUT2D eigenvalue weighted by molar-refractivity contribution is 0.462. The fourth-order valence-electron chi connectivity index (χ4n) is 1.01. The number of nitrogens with one attached hydrogen (secondary N) is 1. The van der Waals surface area contributed by atoms with Crippen molar-refractivity contribution in [1.82, 2.24) is 5.32 Å². The Labute approximate surface area is 86.4 Å². The summed E-state index contributed by atoms with van der Waals surface area (Å²) < 4.78 is 0.727. The molecule has 1 rings (SSSR count). The lowest BCUT2D eigenvalue weighted by atomic mass is 10.2. The summed E-state index contributed by atoms with van der Waals surface area (Å²) in [6.45, 7) is 4.99. The zero-order chi connectivity index (χ0) is 9.68. The smallest absolute Gasteiger partial charge is 0.134 e. The van der Waals surface area contributed by atoms with Crippen LogP contribution in [0.4, 0.5) is 0 Å². The Balaban J connectivity index is 2.65. The number of benzene rings is 1. The fourth-order valence-corrected chi connectivity index (χ4v) is 1.42. The van der Waals surface area contributed by atoms with Crippen LogP contribution in [0.5, 0.6) is 5.75 Å². The summed E-state index contributed by atoms with van der Waals surface area (Å²) in [5.41, 5.74) is 0.885. The molecule has 0 saturated carbocycles. The summed E-state index contributed by atoms with van der Waals surface area (Å²) in [5, 5.41) is 12.7. The Hall–Kier alpha value is -0.800. The van der Waals surface area contributed by atoms with Gasteiger partial charge in [0, 0.05) is 18.7 Å². The standard InChI is InChI=1S/C10H12BrNO/c1-2-6-12-7-8-4-3-5-9(11)10(8)13/h2-5,12-13H,1,6-7H2. The second-order valence-corrected chi connectivity index (χ2v) is 3.52. The summed E-state index contributed by atoms with van der Waals surface area (Å²) in [7, 11) is 0. The molecule has 0 amide bonds. The normalized spacial score (nSPS) is 9.92. The van der Waals surface area contributed by atoms with Crippen LogP contribution < -0.4 is 5.32 Å². The number of halogens is 1. The van der Waals surface area contributed by atoms with Gasteiger partial charge >= 0.3 is 0 Å². The van der Waals surface area contributed by atoms with Crippen LogP contribution in [0.25, 0.3) is 0 Å². The van der Waals surface area contributed by atoms with E-state index in [0.29, 0.717) is 12.3 Å². The Morgan fingerprint density at radius 3 is 3.00 bits per heavy atom. The molecule has 0 atom stereocenters. The van der Waals surface area contributed by atoms with Crippen LogP contribution >= 0.6 is 15.9 Å². The lowest BCUT2D eigenvalue weighted by Crippen LogP contribution is -2.12. The fraction of sp³-hybridized carbons (Fsp3) is 0.200. The molecule has 2 nitrogen and oxygen atoms in total. The van der Waals surface area contributed by atoms with E-state index in [4.69, 9.17) is 0 Å². The van der Waals surface area contributed by atoms with Gasteiger partial charge in [0.15, 0.2) is 0 Å². The van der Waals surface area contributed by atoms with Crippen LogP contribution in [-0.4, -0.2) is 11.7 Å². The van der Waals surface area contributed by atoms with Gasteiger partial charge in [-0.05, 0) is 22.0 Å². The molecule has 70 valence electrons. The van der Waals surface area contributed by atoms with Crippen LogP contribution in [0.15, 0.2) is 35.3 Å². The van der Waals surface area contributed by atoms with E-state index in [0.717, 1.165) is 16.6 Å². The van der Waals surface area contributed by atoms with Gasteiger partial charge in [0.05, 0.1) is 4.47 Å². The van der Waals surface area contributed by atoms with Crippen molar-refractivity contribution in [3.63, 3.8) is 0 Å². The SMILES string of the molecule is C=CCNCc1cccc(Br)c1O. The average molecular weight is 242 g/mol. The number of hydrogen-bond acceptors (Lipinski definition) is 2. The highest BCUT2D eigenvalue weighted by Gasteiger charge is 2.02. The van der Waals surface area contributed by atoms with Crippen molar-refractivity contribution >= 4 is 15.9 Å². The Morgan fingerprint density at radius 1 is 1.54 bits per heavy atom. The molecular weight excluding hydrogens is 230 g/mol. The van der Waals surface area contributed by atoms with Crippen molar-refractivity contribution in [2.75, 3.05) is 6.54 Å². The molecule has 0 bridgehead atoms. The molecular formula is C10H12BrNO. The van der Waals surface area contributed by atoms with Gasteiger partial charge in [0.25, 0.3) is 0 Å². The lowest BCUT2D eigenvalue weighted by Gasteiger charge is -2.05. The quantitative estimate of drug-likeness (QED) is 0.627. The summed E-state index contributed by atoms with van der Waals surface area (Å²) in [5.74, 6) is 0.305. The largest absolute Gasteiger partial charge is 0.506 e. The molecule has 0 fully saturated rings. The first kappa shape index (κ1) is 10.3. The van der Waals surface area contributed by atoms with Crippen LogP contribution in [-0.2, 0) is 6.54 Å². The molecule has 0 aliphatic rings. The molecule has 3 heteroatoms. The first-order chi connectivity index (χ1) is 6.25. The predicted octanol–water partition coefficient (Wildman–Crippen LogP) is 2.43. The Kier molecular flexibility index (Phi) is 3.99. The van der Waals surface area contributed by atoms with E-state index in [1.54, 1.807) is 6.08 Å². The van der Waals surface area contributed by atoms with Crippen molar-refractivity contribution in [3.05, 3.63) is 40.9 Å². The van der Waals surface area contributed by atoms with E-state index in [1.807, 2.05) is 18.2 Å². The minimum absolute atomic E-state index is 0.305. The van der Waals surface area contributed by atoms with Crippen LogP contribution in [0.1, 0.15) is 5.56 Å². The molecule has 0 aromatic heterocycles. The second kappa shape index (κ2) is 5.04. The third-order valence-electron chi connectivity index (χ3n) is 1.67. The van der Waals surface area contributed by atoms with Gasteiger partial charge in [-0.25, -0.2) is 0 Å². The third-order valence-corrected chi connectivity index (χ3v) is 2.31. The number of phenols is 1. The minimum Gasteiger partial charge on any atom is -0.506 e. The van der Waals surface area contributed by atoms with Crippen LogP contribution in [0, 0.1) is 0 Å². The monoisotopic (exact) mass is 241 g/mol. The van der Waals surface area contributed by atoms with Crippen LogP contribution in [0.2, 0.25) is 0 Å². The van der Waals surface area contributed by atoms with E-state index >= 15 is 0 Å². The highest BCUT2D eigenvalue weighted by atomic mass is 79.9. The molecule has 0 radical (unpaired) electrons. The third kappa shape index (κ3) is 2.86. The Bertz CT molecular complexity index is 299. The number of aromatic hydroxyl groups is 1. The molecule has 1 aromatic rings. The first-order valence-corrected chi connectivity index (χ1v) is 4.83. The maximum atomic E-state index is 9.58. The van der Waals surface area contributed by atoms with Crippen molar-refractivity contribution < 1.29 is 5.11 Å². The zero-order valence-electron chi connectivity index (χ0n) is 7.26. The molecule has 2 N–H and O–H groups in total. The zero-order valence-corrected chi connectivity index (χ0v) is 8.84. The van der Waals surface area contributed by atoms with E-state index in [1.165, 1.54) is 0 Å². The highest BCUT2D eigenvalue weighted by Crippen LogP contribution is 2.26. The van der Waals surface area contributed by atoms with E-state index in [2.05, 4.69) is 27.8 Å². The summed E-state index contributed by atoms with van der Waals surface area (Å²) >= 11 is 3.26. The summed E-state index contributed by atoms with van der Waals surface area (Å²) in [6, 6.07) is 5.59. The minimum atomic E-state index is 0.305. The molecule has 0 aliphatic heterocycles. The van der Waals surface area contributed by atoms with Gasteiger partial charge in [0.1, 0.15) is 5.75 Å². The summed E-state index contributed by atoms with van der Waals surface area (Å²) in [4.78, 5) is 0. The number of phenolic OH excluding ortho intramolecular Hbond substituents is 1. The van der Waals surface area contributed by atoms with Crippen molar-refractivity contribution in [1.29, 1.82) is 0 Å². The predicted molar refractivity (Wildman–Crippen MR) is 57.7 cm³/mol. The topological polar surface area (TPSA) is 32.3 Å². The molecule has 0 aliphatic carbocycles. The first-order valence-electron chi connectivity index (χ1n) is 4.03. The van der Waals surface area contributed by atoms with Gasteiger partial charge in [-0.15, -0.1) is 6.58 Å². The van der Waals surface area contributed by atoms with Gasteiger partial charge in [-0.2, -0.15) is 0 Å². The van der Waals surface area contributed by atoms with Crippen molar-refractivity contribution in [2.24, 2.45) is 0 Å². The van der Waals surface area contributed by atoms with Gasteiger partial charge in [-0.3, -0.25) is 0 Å².